The first kappa shape index (κ1) is 24.4. The third-order valence-electron chi connectivity index (χ3n) is 4.83. The largest absolute Gasteiger partial charge is 0.303 e. The molecule has 0 unspecified atom stereocenters. The first-order chi connectivity index (χ1) is 12.3. The van der Waals surface area contributed by atoms with Gasteiger partial charge in [0.25, 0.3) is 0 Å². The van der Waals surface area contributed by atoms with Crippen molar-refractivity contribution in [2.75, 3.05) is 19.6 Å². The molecular weight excluding hydrogens is 302 g/mol. The molecule has 0 bridgehead atoms. The normalized spacial score (nSPS) is 12.2. The van der Waals surface area contributed by atoms with Crippen molar-refractivity contribution in [3.05, 3.63) is 24.3 Å². The second kappa shape index (κ2) is 21.5. The molecule has 0 aliphatic carbocycles. The van der Waals surface area contributed by atoms with Crippen molar-refractivity contribution in [2.24, 2.45) is 0 Å². The minimum absolute atomic E-state index is 1.22. The Morgan fingerprint density at radius 2 is 0.880 bits per heavy atom. The van der Waals surface area contributed by atoms with Gasteiger partial charge in [0.05, 0.1) is 0 Å². The van der Waals surface area contributed by atoms with E-state index in [9.17, 15) is 0 Å². The van der Waals surface area contributed by atoms with E-state index in [0.717, 1.165) is 0 Å². The van der Waals surface area contributed by atoms with E-state index < -0.39 is 0 Å². The molecule has 0 N–H and O–H groups in total. The summed E-state index contributed by atoms with van der Waals surface area (Å²) in [4.78, 5) is 2.69. The number of hydrogen-bond donors (Lipinski definition) is 0. The summed E-state index contributed by atoms with van der Waals surface area (Å²) in [6.45, 7) is 10.6. The zero-order valence-corrected chi connectivity index (χ0v) is 17.8. The van der Waals surface area contributed by atoms with Crippen LogP contribution in [0.3, 0.4) is 0 Å². The quantitative estimate of drug-likeness (QED) is 0.169. The molecule has 0 rings (SSSR count). The van der Waals surface area contributed by atoms with E-state index in [1.54, 1.807) is 0 Å². The van der Waals surface area contributed by atoms with Crippen LogP contribution >= 0.6 is 0 Å². The molecule has 0 amide bonds. The number of hydrogen-bond acceptors (Lipinski definition) is 1. The molecule has 0 fully saturated rings. The Morgan fingerprint density at radius 1 is 0.440 bits per heavy atom. The van der Waals surface area contributed by atoms with Gasteiger partial charge in [-0.3, -0.25) is 0 Å². The van der Waals surface area contributed by atoms with Crippen LogP contribution in [0.25, 0.3) is 0 Å². The van der Waals surface area contributed by atoms with E-state index in [1.165, 1.54) is 110 Å². The van der Waals surface area contributed by atoms with Crippen LogP contribution in [0.1, 0.15) is 111 Å². The molecule has 0 aromatic heterocycles. The van der Waals surface area contributed by atoms with Gasteiger partial charge in [-0.05, 0) is 38.6 Å². The van der Waals surface area contributed by atoms with Crippen molar-refractivity contribution in [2.45, 2.75) is 111 Å². The fourth-order valence-electron chi connectivity index (χ4n) is 3.08. The zero-order chi connectivity index (χ0) is 18.4. The van der Waals surface area contributed by atoms with E-state index >= 15 is 0 Å². The van der Waals surface area contributed by atoms with Crippen LogP contribution in [0.4, 0.5) is 0 Å². The van der Waals surface area contributed by atoms with Crippen molar-refractivity contribution >= 4 is 0 Å². The van der Waals surface area contributed by atoms with Crippen LogP contribution in [0, 0.1) is 0 Å². The summed E-state index contributed by atoms with van der Waals surface area (Å²) < 4.78 is 0. The standard InChI is InChI=1S/C24H47N/c1-4-7-10-13-16-19-22-25(23-20-17-14-11-8-5-2)24-21-18-15-12-9-6-3/h13-14,16-17H,4-12,15,18-24H2,1-3H3/b16-13+,17-14+. The van der Waals surface area contributed by atoms with Gasteiger partial charge in [-0.15, -0.1) is 0 Å². The Kier molecular flexibility index (Phi) is 21.0. The molecule has 0 atom stereocenters. The highest BCUT2D eigenvalue weighted by atomic mass is 15.1. The van der Waals surface area contributed by atoms with Gasteiger partial charge in [0.15, 0.2) is 0 Å². The summed E-state index contributed by atoms with van der Waals surface area (Å²) in [7, 11) is 0. The minimum Gasteiger partial charge on any atom is -0.303 e. The summed E-state index contributed by atoms with van der Waals surface area (Å²) >= 11 is 0. The maximum absolute atomic E-state index is 2.69. The Morgan fingerprint density at radius 3 is 1.40 bits per heavy atom. The van der Waals surface area contributed by atoms with Crippen LogP contribution in [-0.4, -0.2) is 24.5 Å². The average molecular weight is 350 g/mol. The molecule has 0 radical (unpaired) electrons. The van der Waals surface area contributed by atoms with Gasteiger partial charge in [0, 0.05) is 13.1 Å². The first-order valence-corrected chi connectivity index (χ1v) is 11.4. The predicted octanol–water partition coefficient (Wildman–Crippen LogP) is 7.92. The zero-order valence-electron chi connectivity index (χ0n) is 17.8. The van der Waals surface area contributed by atoms with E-state index in [4.69, 9.17) is 0 Å². The second-order valence-corrected chi connectivity index (χ2v) is 7.41. The summed E-state index contributed by atoms with van der Waals surface area (Å²) in [5.74, 6) is 0. The van der Waals surface area contributed by atoms with Gasteiger partial charge in [0.1, 0.15) is 0 Å². The van der Waals surface area contributed by atoms with E-state index in [-0.39, 0.29) is 0 Å². The average Bonchev–Trinajstić information content (AvgIpc) is 2.63. The molecule has 1 heteroatoms. The van der Waals surface area contributed by atoms with E-state index in [2.05, 4.69) is 50.0 Å². The topological polar surface area (TPSA) is 3.24 Å². The maximum atomic E-state index is 2.69. The second-order valence-electron chi connectivity index (χ2n) is 7.41. The third kappa shape index (κ3) is 19.6. The molecular formula is C24H47N. The van der Waals surface area contributed by atoms with Gasteiger partial charge in [-0.1, -0.05) is 103 Å². The number of nitrogens with zero attached hydrogens (tertiary/aromatic N) is 1. The fourth-order valence-corrected chi connectivity index (χ4v) is 3.08. The molecule has 0 aromatic rings. The SMILES string of the molecule is CCCC/C=C/CCN(CC/C=C/CCCC)CCCCCCCC. The van der Waals surface area contributed by atoms with Crippen LogP contribution in [0.15, 0.2) is 24.3 Å². The lowest BCUT2D eigenvalue weighted by Gasteiger charge is -2.21. The Balaban J connectivity index is 3.95. The molecule has 148 valence electrons. The third-order valence-corrected chi connectivity index (χ3v) is 4.83. The predicted molar refractivity (Wildman–Crippen MR) is 116 cm³/mol. The highest BCUT2D eigenvalue weighted by molar-refractivity contribution is 4.85. The highest BCUT2D eigenvalue weighted by Crippen LogP contribution is 2.07. The van der Waals surface area contributed by atoms with Crippen molar-refractivity contribution in [3.8, 4) is 0 Å². The van der Waals surface area contributed by atoms with Gasteiger partial charge in [0.2, 0.25) is 0 Å². The Labute approximate surface area is 160 Å². The first-order valence-electron chi connectivity index (χ1n) is 11.4. The molecule has 0 aliphatic rings. The van der Waals surface area contributed by atoms with Crippen LogP contribution in [0.5, 0.6) is 0 Å². The monoisotopic (exact) mass is 349 g/mol. The van der Waals surface area contributed by atoms with Crippen molar-refractivity contribution in [1.82, 2.24) is 4.90 Å². The minimum atomic E-state index is 1.22. The van der Waals surface area contributed by atoms with Gasteiger partial charge >= 0.3 is 0 Å². The Hall–Kier alpha value is -0.560. The van der Waals surface area contributed by atoms with Gasteiger partial charge < -0.3 is 4.90 Å². The highest BCUT2D eigenvalue weighted by Gasteiger charge is 2.02. The smallest absolute Gasteiger partial charge is 0.00160 e. The van der Waals surface area contributed by atoms with Crippen LogP contribution in [0.2, 0.25) is 0 Å². The van der Waals surface area contributed by atoms with Gasteiger partial charge in [-0.2, -0.15) is 0 Å². The molecule has 0 aliphatic heterocycles. The molecule has 0 spiro atoms. The fraction of sp³-hybridized carbons (Fsp3) is 0.833. The summed E-state index contributed by atoms with van der Waals surface area (Å²) in [5, 5.41) is 0. The van der Waals surface area contributed by atoms with E-state index in [1.807, 2.05) is 0 Å². The molecule has 0 heterocycles. The number of allylic oxidation sites excluding steroid dienone is 2. The maximum Gasteiger partial charge on any atom is 0.00160 e. The van der Waals surface area contributed by atoms with Crippen molar-refractivity contribution in [3.63, 3.8) is 0 Å². The summed E-state index contributed by atoms with van der Waals surface area (Å²) in [6, 6.07) is 0. The van der Waals surface area contributed by atoms with Gasteiger partial charge in [-0.25, -0.2) is 0 Å². The molecule has 25 heavy (non-hydrogen) atoms. The summed E-state index contributed by atoms with van der Waals surface area (Å²) in [5.41, 5.74) is 0. The van der Waals surface area contributed by atoms with E-state index in [0.29, 0.717) is 0 Å². The summed E-state index contributed by atoms with van der Waals surface area (Å²) in [6.07, 6.45) is 28.2. The number of rotatable bonds is 19. The molecule has 0 saturated carbocycles. The lowest BCUT2D eigenvalue weighted by atomic mass is 10.1. The van der Waals surface area contributed by atoms with Crippen molar-refractivity contribution < 1.29 is 0 Å². The van der Waals surface area contributed by atoms with Crippen molar-refractivity contribution in [1.29, 1.82) is 0 Å². The van der Waals surface area contributed by atoms with Crippen LogP contribution < -0.4 is 0 Å². The lowest BCUT2D eigenvalue weighted by Crippen LogP contribution is -2.26. The molecule has 0 aromatic carbocycles. The Bertz CT molecular complexity index is 270. The number of unbranched alkanes of at least 4 members (excludes halogenated alkanes) is 9. The van der Waals surface area contributed by atoms with Crippen LogP contribution in [-0.2, 0) is 0 Å². The lowest BCUT2D eigenvalue weighted by molar-refractivity contribution is 0.276. The molecule has 1 nitrogen and oxygen atoms in total. The molecule has 0 saturated heterocycles.